The van der Waals surface area contributed by atoms with Gasteiger partial charge >= 0.3 is 0 Å². The first-order chi connectivity index (χ1) is 12.8. The number of amides is 1. The van der Waals surface area contributed by atoms with Gasteiger partial charge in [0.25, 0.3) is 5.91 Å². The van der Waals surface area contributed by atoms with Crippen molar-refractivity contribution in [1.82, 2.24) is 5.32 Å². The summed E-state index contributed by atoms with van der Waals surface area (Å²) in [7, 11) is 0. The van der Waals surface area contributed by atoms with Gasteiger partial charge in [0, 0.05) is 11.1 Å². The van der Waals surface area contributed by atoms with Crippen molar-refractivity contribution in [2.24, 2.45) is 23.2 Å². The molecule has 4 fully saturated rings. The van der Waals surface area contributed by atoms with Crippen molar-refractivity contribution in [3.63, 3.8) is 0 Å². The first-order valence-electron chi connectivity index (χ1n) is 10.1. The summed E-state index contributed by atoms with van der Waals surface area (Å²) < 4.78 is 5.64. The molecule has 4 nitrogen and oxygen atoms in total. The lowest BCUT2D eigenvalue weighted by Gasteiger charge is -2.59. The van der Waals surface area contributed by atoms with Crippen molar-refractivity contribution in [3.8, 4) is 5.75 Å². The average molecular weight is 390 g/mol. The third-order valence-corrected chi connectivity index (χ3v) is 7.30. The molecule has 4 aliphatic carbocycles. The van der Waals surface area contributed by atoms with Gasteiger partial charge in [-0.2, -0.15) is 0 Å². The first kappa shape index (κ1) is 18.8. The number of carbonyl (C=O) groups is 2. The maximum atomic E-state index is 12.5. The van der Waals surface area contributed by atoms with Crippen LogP contribution in [-0.4, -0.2) is 24.3 Å². The molecule has 5 heteroatoms. The fourth-order valence-corrected chi connectivity index (χ4v) is 6.36. The highest BCUT2D eigenvalue weighted by Crippen LogP contribution is 2.61. The molecule has 146 valence electrons. The summed E-state index contributed by atoms with van der Waals surface area (Å²) in [6.07, 6.45) is 7.96. The predicted octanol–water partition coefficient (Wildman–Crippen LogP) is 4.64. The standard InChI is InChI=1S/C22H28ClNO3/c1-13(25)19-8-18(23)3-4-20(19)27-12-21(26)24-14(2)22-9-15-5-16(10-22)7-17(6-15)11-22/h3-4,8,14-17H,5-7,9-12H2,1-2H3,(H,24,26). The number of ketones is 1. The van der Waals surface area contributed by atoms with Gasteiger partial charge in [-0.25, -0.2) is 0 Å². The summed E-state index contributed by atoms with van der Waals surface area (Å²) in [5.74, 6) is 2.74. The Morgan fingerprint density at radius 1 is 1.19 bits per heavy atom. The molecule has 4 saturated carbocycles. The molecule has 27 heavy (non-hydrogen) atoms. The topological polar surface area (TPSA) is 55.4 Å². The van der Waals surface area contributed by atoms with Gasteiger partial charge in [-0.3, -0.25) is 9.59 Å². The van der Waals surface area contributed by atoms with E-state index in [1.54, 1.807) is 18.2 Å². The molecule has 0 heterocycles. The van der Waals surface area contributed by atoms with Crippen LogP contribution in [-0.2, 0) is 4.79 Å². The van der Waals surface area contributed by atoms with Gasteiger partial charge in [-0.05, 0) is 93.7 Å². The quantitative estimate of drug-likeness (QED) is 0.721. The van der Waals surface area contributed by atoms with Crippen LogP contribution in [0, 0.1) is 23.2 Å². The van der Waals surface area contributed by atoms with E-state index in [0.717, 1.165) is 17.8 Å². The van der Waals surface area contributed by atoms with E-state index in [1.807, 2.05) is 0 Å². The molecule has 0 saturated heterocycles. The number of benzene rings is 1. The van der Waals surface area contributed by atoms with Gasteiger partial charge in [0.2, 0.25) is 0 Å². The zero-order valence-corrected chi connectivity index (χ0v) is 16.8. The van der Waals surface area contributed by atoms with Gasteiger partial charge in [0.05, 0.1) is 5.56 Å². The molecule has 0 aliphatic heterocycles. The summed E-state index contributed by atoms with van der Waals surface area (Å²) >= 11 is 5.96. The Kier molecular flexibility index (Phi) is 4.96. The maximum absolute atomic E-state index is 12.5. The molecular formula is C22H28ClNO3. The zero-order valence-electron chi connectivity index (χ0n) is 16.1. The molecule has 1 aromatic carbocycles. The van der Waals surface area contributed by atoms with Gasteiger partial charge in [-0.1, -0.05) is 11.6 Å². The van der Waals surface area contributed by atoms with E-state index in [4.69, 9.17) is 16.3 Å². The number of rotatable bonds is 6. The minimum Gasteiger partial charge on any atom is -0.483 e. The molecule has 0 spiro atoms. The fraction of sp³-hybridized carbons (Fsp3) is 0.636. The lowest BCUT2D eigenvalue weighted by Crippen LogP contribution is -2.56. The van der Waals surface area contributed by atoms with Crippen LogP contribution in [0.1, 0.15) is 62.7 Å². The number of halogens is 1. The Labute approximate surface area is 166 Å². The SMILES string of the molecule is CC(=O)c1cc(Cl)ccc1OCC(=O)NC(C)C12CC3CC(CC(C3)C1)C2. The van der Waals surface area contributed by atoms with Gasteiger partial charge in [0.15, 0.2) is 12.4 Å². The van der Waals surface area contributed by atoms with Crippen LogP contribution in [0.5, 0.6) is 5.75 Å². The number of carbonyl (C=O) groups excluding carboxylic acids is 2. The molecule has 0 aromatic heterocycles. The average Bonchev–Trinajstić information content (AvgIpc) is 2.59. The Hall–Kier alpha value is -1.55. The monoisotopic (exact) mass is 389 g/mol. The Bertz CT molecular complexity index is 725. The van der Waals surface area contributed by atoms with Crippen LogP contribution >= 0.6 is 11.6 Å². The Balaban J connectivity index is 1.37. The third-order valence-electron chi connectivity index (χ3n) is 7.06. The molecule has 1 amide bonds. The number of hydrogen-bond donors (Lipinski definition) is 1. The number of hydrogen-bond acceptors (Lipinski definition) is 3. The highest BCUT2D eigenvalue weighted by molar-refractivity contribution is 6.31. The minimum absolute atomic E-state index is 0.0847. The van der Waals surface area contributed by atoms with E-state index in [0.29, 0.717) is 16.3 Å². The number of ether oxygens (including phenoxy) is 1. The molecule has 1 N–H and O–H groups in total. The highest BCUT2D eigenvalue weighted by Gasteiger charge is 2.53. The molecular weight excluding hydrogens is 362 g/mol. The van der Waals surface area contributed by atoms with Crippen molar-refractivity contribution in [2.75, 3.05) is 6.61 Å². The second-order valence-corrected chi connectivity index (χ2v) is 9.49. The van der Waals surface area contributed by atoms with E-state index in [2.05, 4.69) is 12.2 Å². The molecule has 1 unspecified atom stereocenters. The van der Waals surface area contributed by atoms with Gasteiger partial charge < -0.3 is 10.1 Å². The Morgan fingerprint density at radius 2 is 1.78 bits per heavy atom. The lowest BCUT2D eigenvalue weighted by atomic mass is 9.48. The van der Waals surface area contributed by atoms with Crippen LogP contribution in [0.25, 0.3) is 0 Å². The van der Waals surface area contributed by atoms with Crippen LogP contribution in [0.15, 0.2) is 18.2 Å². The first-order valence-corrected chi connectivity index (χ1v) is 10.4. The fourth-order valence-electron chi connectivity index (χ4n) is 6.19. The highest BCUT2D eigenvalue weighted by atomic mass is 35.5. The van der Waals surface area contributed by atoms with E-state index < -0.39 is 0 Å². The molecule has 1 atom stereocenters. The molecule has 5 rings (SSSR count). The van der Waals surface area contributed by atoms with Crippen molar-refractivity contribution < 1.29 is 14.3 Å². The van der Waals surface area contributed by atoms with Gasteiger partial charge in [-0.15, -0.1) is 0 Å². The van der Waals surface area contributed by atoms with Crippen molar-refractivity contribution in [2.45, 2.75) is 58.4 Å². The number of Topliss-reactive ketones (excluding diaryl/α,β-unsaturated/α-hetero) is 1. The van der Waals surface area contributed by atoms with Crippen LogP contribution in [0.3, 0.4) is 0 Å². The van der Waals surface area contributed by atoms with Crippen molar-refractivity contribution in [3.05, 3.63) is 28.8 Å². The summed E-state index contributed by atoms with van der Waals surface area (Å²) in [5, 5.41) is 3.67. The summed E-state index contributed by atoms with van der Waals surface area (Å²) in [4.78, 5) is 24.3. The summed E-state index contributed by atoms with van der Waals surface area (Å²) in [6.45, 7) is 3.54. The summed E-state index contributed by atoms with van der Waals surface area (Å²) in [5.41, 5.74) is 0.680. The maximum Gasteiger partial charge on any atom is 0.258 e. The normalized spacial score (nSPS) is 32.2. The largest absolute Gasteiger partial charge is 0.483 e. The van der Waals surface area contributed by atoms with E-state index in [9.17, 15) is 9.59 Å². The lowest BCUT2D eigenvalue weighted by molar-refractivity contribution is -0.127. The van der Waals surface area contributed by atoms with E-state index in [-0.39, 0.29) is 29.8 Å². The zero-order chi connectivity index (χ0) is 19.2. The van der Waals surface area contributed by atoms with Gasteiger partial charge in [0.1, 0.15) is 5.75 Å². The smallest absolute Gasteiger partial charge is 0.258 e. The molecule has 4 aliphatic rings. The van der Waals surface area contributed by atoms with Crippen molar-refractivity contribution in [1.29, 1.82) is 0 Å². The van der Waals surface area contributed by atoms with Crippen molar-refractivity contribution >= 4 is 23.3 Å². The second kappa shape index (κ2) is 7.12. The van der Waals surface area contributed by atoms with Crippen LogP contribution < -0.4 is 10.1 Å². The van der Waals surface area contributed by atoms with E-state index >= 15 is 0 Å². The number of nitrogens with one attached hydrogen (secondary N) is 1. The van der Waals surface area contributed by atoms with E-state index in [1.165, 1.54) is 45.4 Å². The Morgan fingerprint density at radius 3 is 2.33 bits per heavy atom. The predicted molar refractivity (Wildman–Crippen MR) is 105 cm³/mol. The summed E-state index contributed by atoms with van der Waals surface area (Å²) in [6, 6.07) is 5.06. The van der Waals surface area contributed by atoms with Crippen LogP contribution in [0.2, 0.25) is 5.02 Å². The minimum atomic E-state index is -0.130. The molecule has 0 radical (unpaired) electrons. The second-order valence-electron chi connectivity index (χ2n) is 9.05. The van der Waals surface area contributed by atoms with Crippen LogP contribution in [0.4, 0.5) is 0 Å². The molecule has 4 bridgehead atoms. The molecule has 1 aromatic rings. The third kappa shape index (κ3) is 3.73.